The highest BCUT2D eigenvalue weighted by Gasteiger charge is 2.12. The molecule has 0 aromatic heterocycles. The minimum Gasteiger partial charge on any atom is -0.490 e. The van der Waals surface area contributed by atoms with Crippen molar-refractivity contribution in [3.8, 4) is 11.5 Å². The summed E-state index contributed by atoms with van der Waals surface area (Å²) in [5.41, 5.74) is 3.04. The quantitative estimate of drug-likeness (QED) is 0.482. The second-order valence-electron chi connectivity index (χ2n) is 4.59. The van der Waals surface area contributed by atoms with Crippen molar-refractivity contribution in [1.29, 1.82) is 0 Å². The van der Waals surface area contributed by atoms with E-state index in [4.69, 9.17) is 26.9 Å². The van der Waals surface area contributed by atoms with Crippen LogP contribution in [0.15, 0.2) is 36.4 Å². The van der Waals surface area contributed by atoms with Crippen molar-refractivity contribution in [3.05, 3.63) is 58.4 Å². The summed E-state index contributed by atoms with van der Waals surface area (Å²) in [4.78, 5) is 11.6. The van der Waals surface area contributed by atoms with Gasteiger partial charge in [0.15, 0.2) is 11.5 Å². The van der Waals surface area contributed by atoms with Crippen molar-refractivity contribution < 1.29 is 18.7 Å². The lowest BCUT2D eigenvalue weighted by Gasteiger charge is -2.13. The summed E-state index contributed by atoms with van der Waals surface area (Å²) in [6.45, 7) is 2.36. The molecule has 0 aliphatic heterocycles. The number of ether oxygens (including phenoxy) is 2. The number of halogens is 2. The third kappa shape index (κ3) is 4.34. The minimum atomic E-state index is -0.431. The molecule has 2 rings (SSSR count). The number of nitrogen functional groups attached to an aromatic ring is 1. The SMILES string of the molecule is CCOc1cc(C(=O)NN)ccc1OCc1ccc(F)cc1Cl. The van der Waals surface area contributed by atoms with Crippen molar-refractivity contribution in [3.63, 3.8) is 0 Å². The van der Waals surface area contributed by atoms with E-state index in [0.717, 1.165) is 0 Å². The van der Waals surface area contributed by atoms with Crippen LogP contribution < -0.4 is 20.7 Å². The first kappa shape index (κ1) is 17.1. The Hall–Kier alpha value is -2.31. The van der Waals surface area contributed by atoms with Crippen LogP contribution in [0.25, 0.3) is 0 Å². The van der Waals surface area contributed by atoms with Crippen LogP contribution in [-0.4, -0.2) is 12.5 Å². The Bertz CT molecular complexity index is 710. The van der Waals surface area contributed by atoms with Gasteiger partial charge in [0.2, 0.25) is 0 Å². The van der Waals surface area contributed by atoms with Gasteiger partial charge in [-0.05, 0) is 37.3 Å². The van der Waals surface area contributed by atoms with E-state index in [0.29, 0.717) is 29.2 Å². The standard InChI is InChI=1S/C16H16ClFN2O3/c1-2-22-15-7-10(16(21)20-19)4-6-14(15)23-9-11-3-5-12(18)8-13(11)17/h3-8H,2,9,19H2,1H3,(H,20,21). The molecule has 1 amide bonds. The number of hydrogen-bond donors (Lipinski definition) is 2. The zero-order valence-corrected chi connectivity index (χ0v) is 13.2. The molecule has 0 aliphatic rings. The smallest absolute Gasteiger partial charge is 0.265 e. The van der Waals surface area contributed by atoms with Crippen molar-refractivity contribution in [1.82, 2.24) is 5.43 Å². The molecule has 122 valence electrons. The number of hydrogen-bond acceptors (Lipinski definition) is 4. The maximum absolute atomic E-state index is 13.0. The van der Waals surface area contributed by atoms with Gasteiger partial charge in [-0.1, -0.05) is 17.7 Å². The van der Waals surface area contributed by atoms with Crippen molar-refractivity contribution in [2.24, 2.45) is 5.84 Å². The van der Waals surface area contributed by atoms with E-state index < -0.39 is 11.7 Å². The fourth-order valence-electron chi connectivity index (χ4n) is 1.91. The van der Waals surface area contributed by atoms with Crippen LogP contribution in [0.2, 0.25) is 5.02 Å². The van der Waals surface area contributed by atoms with Crippen LogP contribution in [0.4, 0.5) is 4.39 Å². The van der Waals surface area contributed by atoms with Crippen LogP contribution in [0.1, 0.15) is 22.8 Å². The van der Waals surface area contributed by atoms with Crippen LogP contribution >= 0.6 is 11.6 Å². The molecule has 0 atom stereocenters. The van der Waals surface area contributed by atoms with Gasteiger partial charge in [0.05, 0.1) is 11.6 Å². The molecule has 5 nitrogen and oxygen atoms in total. The van der Waals surface area contributed by atoms with Crippen LogP contribution in [-0.2, 0) is 6.61 Å². The first-order chi connectivity index (χ1) is 11.0. The summed E-state index contributed by atoms with van der Waals surface area (Å²) in [6, 6.07) is 8.78. The average Bonchev–Trinajstić information content (AvgIpc) is 2.54. The monoisotopic (exact) mass is 338 g/mol. The van der Waals surface area contributed by atoms with E-state index in [1.165, 1.54) is 18.2 Å². The Kier molecular flexibility index (Phi) is 5.78. The third-order valence-electron chi connectivity index (χ3n) is 3.04. The molecule has 2 aromatic rings. The van der Waals surface area contributed by atoms with Gasteiger partial charge in [0.25, 0.3) is 5.91 Å². The lowest BCUT2D eigenvalue weighted by atomic mass is 10.2. The molecule has 0 heterocycles. The van der Waals surface area contributed by atoms with Gasteiger partial charge in [-0.2, -0.15) is 0 Å². The second-order valence-corrected chi connectivity index (χ2v) is 5.00. The summed E-state index contributed by atoms with van der Waals surface area (Å²) < 4.78 is 24.2. The molecule has 3 N–H and O–H groups in total. The van der Waals surface area contributed by atoms with Crippen molar-refractivity contribution in [2.45, 2.75) is 13.5 Å². The molecule has 0 fully saturated rings. The Morgan fingerprint density at radius 1 is 1.22 bits per heavy atom. The lowest BCUT2D eigenvalue weighted by Crippen LogP contribution is -2.29. The van der Waals surface area contributed by atoms with Gasteiger partial charge < -0.3 is 9.47 Å². The Morgan fingerprint density at radius 3 is 2.65 bits per heavy atom. The first-order valence-electron chi connectivity index (χ1n) is 6.89. The molecule has 0 radical (unpaired) electrons. The predicted molar refractivity (Wildman–Crippen MR) is 85.0 cm³/mol. The molecule has 0 aliphatic carbocycles. The largest absolute Gasteiger partial charge is 0.490 e. The summed E-state index contributed by atoms with van der Waals surface area (Å²) >= 11 is 5.96. The molecule has 0 bridgehead atoms. The second kappa shape index (κ2) is 7.80. The topological polar surface area (TPSA) is 73.6 Å². The Balaban J connectivity index is 2.19. The average molecular weight is 339 g/mol. The first-order valence-corrected chi connectivity index (χ1v) is 7.27. The summed E-state index contributed by atoms with van der Waals surface area (Å²) in [5, 5.41) is 0.280. The molecule has 7 heteroatoms. The molecular weight excluding hydrogens is 323 g/mol. The number of nitrogens with one attached hydrogen (secondary N) is 1. The number of hydrazine groups is 1. The highest BCUT2D eigenvalue weighted by atomic mass is 35.5. The molecule has 0 unspecified atom stereocenters. The summed E-state index contributed by atoms with van der Waals surface area (Å²) in [7, 11) is 0. The minimum absolute atomic E-state index is 0.140. The van der Waals surface area contributed by atoms with E-state index in [1.807, 2.05) is 6.92 Å². The predicted octanol–water partition coefficient (Wildman–Crippen LogP) is 3.06. The molecule has 0 saturated carbocycles. The lowest BCUT2D eigenvalue weighted by molar-refractivity contribution is 0.0953. The highest BCUT2D eigenvalue weighted by Crippen LogP contribution is 2.30. The number of nitrogens with two attached hydrogens (primary N) is 1. The Morgan fingerprint density at radius 2 is 2.00 bits per heavy atom. The van der Waals surface area contributed by atoms with E-state index in [-0.39, 0.29) is 11.6 Å². The van der Waals surface area contributed by atoms with Gasteiger partial charge in [0, 0.05) is 11.1 Å². The summed E-state index contributed by atoms with van der Waals surface area (Å²) in [5.74, 6) is 5.12. The van der Waals surface area contributed by atoms with Crippen LogP contribution in [0.5, 0.6) is 11.5 Å². The van der Waals surface area contributed by atoms with Gasteiger partial charge >= 0.3 is 0 Å². The number of carbonyl (C=O) groups excluding carboxylic acids is 1. The van der Waals surface area contributed by atoms with Gasteiger partial charge in [-0.25, -0.2) is 10.2 Å². The van der Waals surface area contributed by atoms with E-state index in [9.17, 15) is 9.18 Å². The fourth-order valence-corrected chi connectivity index (χ4v) is 2.14. The fraction of sp³-hybridized carbons (Fsp3) is 0.188. The van der Waals surface area contributed by atoms with Gasteiger partial charge in [0.1, 0.15) is 12.4 Å². The number of amides is 1. The molecule has 2 aromatic carbocycles. The van der Waals surface area contributed by atoms with Crippen molar-refractivity contribution >= 4 is 17.5 Å². The number of rotatable bonds is 6. The summed E-state index contributed by atoms with van der Waals surface area (Å²) in [6.07, 6.45) is 0. The Labute approximate surface area is 138 Å². The van der Waals surface area contributed by atoms with Gasteiger partial charge in [-0.15, -0.1) is 0 Å². The third-order valence-corrected chi connectivity index (χ3v) is 3.39. The molecule has 23 heavy (non-hydrogen) atoms. The maximum Gasteiger partial charge on any atom is 0.265 e. The van der Waals surface area contributed by atoms with E-state index in [2.05, 4.69) is 5.43 Å². The number of benzene rings is 2. The zero-order chi connectivity index (χ0) is 16.8. The normalized spacial score (nSPS) is 10.3. The maximum atomic E-state index is 13.0. The van der Waals surface area contributed by atoms with Crippen molar-refractivity contribution in [2.75, 3.05) is 6.61 Å². The molecule has 0 saturated heterocycles. The molecule has 0 spiro atoms. The zero-order valence-electron chi connectivity index (χ0n) is 12.4. The van der Waals surface area contributed by atoms with Gasteiger partial charge in [-0.3, -0.25) is 10.2 Å². The van der Waals surface area contributed by atoms with E-state index in [1.54, 1.807) is 18.2 Å². The highest BCUT2D eigenvalue weighted by molar-refractivity contribution is 6.31. The molecular formula is C16H16ClFN2O3. The number of carbonyl (C=O) groups is 1. The van der Waals surface area contributed by atoms with Crippen LogP contribution in [0.3, 0.4) is 0 Å². The van der Waals surface area contributed by atoms with Crippen LogP contribution in [0, 0.1) is 5.82 Å². The van der Waals surface area contributed by atoms with E-state index >= 15 is 0 Å².